The molecule has 0 bridgehead atoms. The smallest absolute Gasteiger partial charge is 0.226 e. The summed E-state index contributed by atoms with van der Waals surface area (Å²) >= 11 is 6.30. The molecule has 0 aromatic heterocycles. The Labute approximate surface area is 156 Å². The number of carbonyl (C=O) groups excluding carboxylic acids is 1. The van der Waals surface area contributed by atoms with Crippen LogP contribution in [0.2, 0.25) is 5.02 Å². The highest BCUT2D eigenvalue weighted by Crippen LogP contribution is 2.59. The minimum Gasteiger partial charge on any atom is -0.338 e. The van der Waals surface area contributed by atoms with E-state index in [1.807, 2.05) is 29.2 Å². The summed E-state index contributed by atoms with van der Waals surface area (Å²) in [6, 6.07) is 7.87. The predicted octanol–water partition coefficient (Wildman–Crippen LogP) is 4.28. The van der Waals surface area contributed by atoms with Gasteiger partial charge in [-0.05, 0) is 55.8 Å². The predicted molar refractivity (Wildman–Crippen MR) is 102 cm³/mol. The largest absolute Gasteiger partial charge is 0.338 e. The number of halogens is 2. The van der Waals surface area contributed by atoms with Crippen molar-refractivity contribution in [1.29, 1.82) is 0 Å². The number of nitrogens with zero attached hydrogens (tertiary/aromatic N) is 1. The highest BCUT2D eigenvalue weighted by atomic mass is 35.5. The van der Waals surface area contributed by atoms with E-state index in [0.29, 0.717) is 17.9 Å². The van der Waals surface area contributed by atoms with Crippen molar-refractivity contribution >= 4 is 29.9 Å². The fourth-order valence-electron chi connectivity index (χ4n) is 3.84. The molecular formula is C19H28Cl2N2O. The first-order chi connectivity index (χ1) is 11.2. The molecule has 24 heavy (non-hydrogen) atoms. The monoisotopic (exact) mass is 370 g/mol. The van der Waals surface area contributed by atoms with Crippen molar-refractivity contribution in [1.82, 2.24) is 10.2 Å². The van der Waals surface area contributed by atoms with E-state index in [1.165, 1.54) is 0 Å². The van der Waals surface area contributed by atoms with Crippen LogP contribution in [-0.2, 0) is 11.3 Å². The molecule has 0 radical (unpaired) electrons. The van der Waals surface area contributed by atoms with Crippen LogP contribution < -0.4 is 5.32 Å². The van der Waals surface area contributed by atoms with Gasteiger partial charge in [0.15, 0.2) is 0 Å². The normalized spacial score (nSPS) is 21.2. The Morgan fingerprint density at radius 3 is 2.71 bits per heavy atom. The van der Waals surface area contributed by atoms with Gasteiger partial charge in [0.2, 0.25) is 5.91 Å². The lowest BCUT2D eigenvalue weighted by atomic mass is 9.91. The van der Waals surface area contributed by atoms with Crippen molar-refractivity contribution in [3.63, 3.8) is 0 Å². The lowest BCUT2D eigenvalue weighted by Gasteiger charge is -2.27. The maximum Gasteiger partial charge on any atom is 0.226 e. The third-order valence-electron chi connectivity index (χ3n) is 5.50. The molecule has 5 heteroatoms. The van der Waals surface area contributed by atoms with Crippen molar-refractivity contribution in [2.45, 2.75) is 45.6 Å². The van der Waals surface area contributed by atoms with Gasteiger partial charge >= 0.3 is 0 Å². The van der Waals surface area contributed by atoms with Crippen LogP contribution in [0.15, 0.2) is 24.3 Å². The van der Waals surface area contributed by atoms with Crippen molar-refractivity contribution in [3.05, 3.63) is 34.9 Å². The van der Waals surface area contributed by atoms with Crippen LogP contribution in [0.25, 0.3) is 0 Å². The molecule has 1 saturated carbocycles. The first kappa shape index (κ1) is 19.6. The molecule has 1 N–H and O–H groups in total. The zero-order valence-electron chi connectivity index (χ0n) is 14.4. The van der Waals surface area contributed by atoms with Gasteiger partial charge in [0, 0.05) is 24.0 Å². The third kappa shape index (κ3) is 4.25. The van der Waals surface area contributed by atoms with E-state index in [2.05, 4.69) is 12.2 Å². The molecule has 1 amide bonds. The lowest BCUT2D eigenvalue weighted by molar-refractivity contribution is -0.134. The van der Waals surface area contributed by atoms with E-state index in [-0.39, 0.29) is 18.3 Å². The maximum absolute atomic E-state index is 13.1. The molecule has 3 rings (SSSR count). The molecule has 1 aliphatic heterocycles. The van der Waals surface area contributed by atoms with Crippen LogP contribution in [-0.4, -0.2) is 30.4 Å². The van der Waals surface area contributed by atoms with Crippen LogP contribution in [0.3, 0.4) is 0 Å². The van der Waals surface area contributed by atoms with Gasteiger partial charge in [0.05, 0.1) is 0 Å². The van der Waals surface area contributed by atoms with Gasteiger partial charge in [-0.25, -0.2) is 0 Å². The summed E-state index contributed by atoms with van der Waals surface area (Å²) in [5.41, 5.74) is 1.35. The SMILES string of the molecule is CCCCN(Cc1ccccc1Cl)C(=O)C1CC12CCNCC2.Cl. The van der Waals surface area contributed by atoms with Gasteiger partial charge in [-0.3, -0.25) is 4.79 Å². The second-order valence-corrected chi connectivity index (χ2v) is 7.48. The number of unbranched alkanes of at least 4 members (excludes halogenated alkanes) is 1. The number of rotatable bonds is 6. The topological polar surface area (TPSA) is 32.3 Å². The number of hydrogen-bond acceptors (Lipinski definition) is 2. The summed E-state index contributed by atoms with van der Waals surface area (Å²) in [6.45, 7) is 5.77. The van der Waals surface area contributed by atoms with Crippen molar-refractivity contribution < 1.29 is 4.79 Å². The molecule has 3 nitrogen and oxygen atoms in total. The van der Waals surface area contributed by atoms with Gasteiger partial charge in [-0.2, -0.15) is 0 Å². The summed E-state index contributed by atoms with van der Waals surface area (Å²) in [5.74, 6) is 0.587. The van der Waals surface area contributed by atoms with Crippen LogP contribution in [0.1, 0.15) is 44.6 Å². The van der Waals surface area contributed by atoms with Gasteiger partial charge in [-0.15, -0.1) is 12.4 Å². The Bertz CT molecular complexity index is 558. The van der Waals surface area contributed by atoms with Crippen molar-refractivity contribution in [2.24, 2.45) is 11.3 Å². The number of carbonyl (C=O) groups is 1. The van der Waals surface area contributed by atoms with Crippen molar-refractivity contribution in [2.75, 3.05) is 19.6 Å². The standard InChI is InChI=1S/C19H27ClN2O.ClH/c1-2-3-12-22(14-15-6-4-5-7-17(15)20)18(23)16-13-19(16)8-10-21-11-9-19;/h4-7,16,21H,2-3,8-14H2,1H3;1H. The van der Waals surface area contributed by atoms with E-state index in [1.54, 1.807) is 0 Å². The Morgan fingerprint density at radius 1 is 1.33 bits per heavy atom. The molecular weight excluding hydrogens is 343 g/mol. The number of piperidine rings is 1. The van der Waals surface area contributed by atoms with Crippen LogP contribution in [0.5, 0.6) is 0 Å². The van der Waals surface area contributed by atoms with Crippen LogP contribution in [0, 0.1) is 11.3 Å². The fourth-order valence-corrected chi connectivity index (χ4v) is 4.04. The molecule has 1 aromatic carbocycles. The van der Waals surface area contributed by atoms with Crippen molar-refractivity contribution in [3.8, 4) is 0 Å². The maximum atomic E-state index is 13.1. The van der Waals surface area contributed by atoms with Gasteiger partial charge in [0.1, 0.15) is 0 Å². The summed E-state index contributed by atoms with van der Waals surface area (Å²) in [5, 5.41) is 4.17. The van der Waals surface area contributed by atoms with E-state index in [9.17, 15) is 4.79 Å². The van der Waals surface area contributed by atoms with E-state index in [0.717, 1.165) is 62.3 Å². The molecule has 1 saturated heterocycles. The van der Waals surface area contributed by atoms with E-state index >= 15 is 0 Å². The Kier molecular flexibility index (Phi) is 6.97. The highest BCUT2D eigenvalue weighted by molar-refractivity contribution is 6.31. The first-order valence-corrected chi connectivity index (χ1v) is 9.27. The summed E-state index contributed by atoms with van der Waals surface area (Å²) in [6.07, 6.45) is 5.54. The zero-order chi connectivity index (χ0) is 16.3. The summed E-state index contributed by atoms with van der Waals surface area (Å²) in [7, 11) is 0. The lowest BCUT2D eigenvalue weighted by Crippen LogP contribution is -2.36. The van der Waals surface area contributed by atoms with E-state index < -0.39 is 0 Å². The van der Waals surface area contributed by atoms with Gasteiger partial charge in [0.25, 0.3) is 0 Å². The average Bonchev–Trinajstić information content (AvgIpc) is 3.26. The molecule has 1 unspecified atom stereocenters. The van der Waals surface area contributed by atoms with Crippen LogP contribution >= 0.6 is 24.0 Å². The Hall–Kier alpha value is -0.770. The Balaban J connectivity index is 0.00000208. The first-order valence-electron chi connectivity index (χ1n) is 8.89. The second-order valence-electron chi connectivity index (χ2n) is 7.07. The van der Waals surface area contributed by atoms with Crippen LogP contribution in [0.4, 0.5) is 0 Å². The Morgan fingerprint density at radius 2 is 2.04 bits per heavy atom. The second kappa shape index (κ2) is 8.55. The van der Waals surface area contributed by atoms with Gasteiger partial charge < -0.3 is 10.2 Å². The summed E-state index contributed by atoms with van der Waals surface area (Å²) < 4.78 is 0. The third-order valence-corrected chi connectivity index (χ3v) is 5.87. The highest BCUT2D eigenvalue weighted by Gasteiger charge is 2.58. The average molecular weight is 371 g/mol. The van der Waals surface area contributed by atoms with E-state index in [4.69, 9.17) is 11.6 Å². The molecule has 134 valence electrons. The quantitative estimate of drug-likeness (QED) is 0.810. The van der Waals surface area contributed by atoms with Gasteiger partial charge in [-0.1, -0.05) is 43.1 Å². The molecule has 1 aromatic rings. The number of benzene rings is 1. The molecule has 1 aliphatic carbocycles. The minimum absolute atomic E-state index is 0. The number of amides is 1. The molecule has 2 aliphatic rings. The zero-order valence-corrected chi connectivity index (χ0v) is 16.0. The minimum atomic E-state index is 0. The summed E-state index contributed by atoms with van der Waals surface area (Å²) in [4.78, 5) is 15.1. The number of nitrogens with one attached hydrogen (secondary N) is 1. The molecule has 1 spiro atoms. The number of hydrogen-bond donors (Lipinski definition) is 1. The molecule has 1 atom stereocenters. The molecule has 2 fully saturated rings. The molecule has 1 heterocycles. The fraction of sp³-hybridized carbons (Fsp3) is 0.632.